The Morgan fingerprint density at radius 2 is 1.73 bits per heavy atom. The van der Waals surface area contributed by atoms with Crippen LogP contribution in [-0.2, 0) is 0 Å². The molecular formula is C27H33FO2. The molecule has 30 heavy (non-hydrogen) atoms. The van der Waals surface area contributed by atoms with E-state index in [9.17, 15) is 14.3 Å². The first-order valence-corrected chi connectivity index (χ1v) is 11.4. The van der Waals surface area contributed by atoms with Gasteiger partial charge in [-0.1, -0.05) is 57.0 Å². The van der Waals surface area contributed by atoms with Gasteiger partial charge in [-0.3, -0.25) is 0 Å². The lowest BCUT2D eigenvalue weighted by Crippen LogP contribution is -2.13. The number of halogens is 1. The summed E-state index contributed by atoms with van der Waals surface area (Å²) >= 11 is 0. The van der Waals surface area contributed by atoms with Crippen molar-refractivity contribution in [2.45, 2.75) is 71.1 Å². The van der Waals surface area contributed by atoms with Crippen LogP contribution in [0.25, 0.3) is 17.2 Å². The van der Waals surface area contributed by atoms with Gasteiger partial charge >= 0.3 is 5.97 Å². The Morgan fingerprint density at radius 3 is 2.33 bits per heavy atom. The van der Waals surface area contributed by atoms with E-state index in [0.29, 0.717) is 23.5 Å². The largest absolute Gasteiger partial charge is 0.478 e. The molecule has 0 amide bonds. The zero-order valence-electron chi connectivity index (χ0n) is 18.2. The molecule has 2 nitrogen and oxygen atoms in total. The summed E-state index contributed by atoms with van der Waals surface area (Å²) in [6.07, 6.45) is 10.3. The number of rotatable bonds is 8. The van der Waals surface area contributed by atoms with Gasteiger partial charge in [-0.25, -0.2) is 9.18 Å². The molecule has 2 aromatic rings. The number of benzene rings is 2. The van der Waals surface area contributed by atoms with E-state index >= 15 is 0 Å². The fourth-order valence-electron chi connectivity index (χ4n) is 4.70. The molecule has 0 saturated heterocycles. The number of carboxylic acid groups (broad SMARTS) is 1. The molecule has 1 N–H and O–H groups in total. The van der Waals surface area contributed by atoms with Crippen LogP contribution in [0.1, 0.15) is 92.6 Å². The maximum absolute atomic E-state index is 14.0. The van der Waals surface area contributed by atoms with Crippen molar-refractivity contribution < 1.29 is 14.3 Å². The van der Waals surface area contributed by atoms with Gasteiger partial charge in [0.15, 0.2) is 0 Å². The molecule has 0 bridgehead atoms. The van der Waals surface area contributed by atoms with E-state index in [1.807, 2.05) is 19.1 Å². The summed E-state index contributed by atoms with van der Waals surface area (Å²) in [7, 11) is 0. The molecule has 1 aliphatic carbocycles. The van der Waals surface area contributed by atoms with Crippen LogP contribution >= 0.6 is 0 Å². The molecule has 1 aliphatic rings. The van der Waals surface area contributed by atoms with Gasteiger partial charge in [0.1, 0.15) is 5.83 Å². The second-order valence-corrected chi connectivity index (χ2v) is 8.58. The van der Waals surface area contributed by atoms with Crippen LogP contribution < -0.4 is 0 Å². The van der Waals surface area contributed by atoms with Crippen molar-refractivity contribution >= 4 is 12.0 Å². The third-order valence-electron chi connectivity index (χ3n) is 6.32. The summed E-state index contributed by atoms with van der Waals surface area (Å²) in [5.41, 5.74) is 3.78. The van der Waals surface area contributed by atoms with E-state index in [0.717, 1.165) is 17.9 Å². The molecule has 2 aromatic carbocycles. The lowest BCUT2D eigenvalue weighted by Gasteiger charge is -2.28. The Labute approximate surface area is 179 Å². The van der Waals surface area contributed by atoms with Crippen molar-refractivity contribution in [3.63, 3.8) is 0 Å². The normalized spacial score (nSPS) is 19.6. The minimum absolute atomic E-state index is 0.180. The molecule has 0 radical (unpaired) electrons. The molecule has 0 heterocycles. The first-order chi connectivity index (χ1) is 14.5. The SMILES string of the molecule is CCCC(F)=Cc1ccc(C(=O)O)c(-c2ccc(C3CCC(CCC)CC3)cc2)c1. The summed E-state index contributed by atoms with van der Waals surface area (Å²) < 4.78 is 14.0. The van der Waals surface area contributed by atoms with Crippen molar-refractivity contribution in [3.05, 3.63) is 65.0 Å². The van der Waals surface area contributed by atoms with Crippen LogP contribution in [0.4, 0.5) is 4.39 Å². The second-order valence-electron chi connectivity index (χ2n) is 8.58. The highest BCUT2D eigenvalue weighted by Gasteiger charge is 2.22. The lowest BCUT2D eigenvalue weighted by molar-refractivity contribution is 0.0697. The summed E-state index contributed by atoms with van der Waals surface area (Å²) in [4.78, 5) is 11.7. The summed E-state index contributed by atoms with van der Waals surface area (Å²) in [6.45, 7) is 4.20. The topological polar surface area (TPSA) is 37.3 Å². The van der Waals surface area contributed by atoms with Gasteiger partial charge in [0, 0.05) is 0 Å². The van der Waals surface area contributed by atoms with Gasteiger partial charge in [0.2, 0.25) is 0 Å². The fourth-order valence-corrected chi connectivity index (χ4v) is 4.70. The standard InChI is InChI=1S/C27H33FO2/c1-3-5-19-7-10-21(11-8-19)22-12-14-23(15-13-22)26-18-20(17-24(28)6-4-2)9-16-25(26)27(29)30/h9,12-19,21H,3-8,10-11H2,1-2H3,(H,29,30). The highest BCUT2D eigenvalue weighted by molar-refractivity contribution is 5.96. The summed E-state index contributed by atoms with van der Waals surface area (Å²) in [6, 6.07) is 13.4. The highest BCUT2D eigenvalue weighted by Crippen LogP contribution is 2.38. The molecule has 3 heteroatoms. The highest BCUT2D eigenvalue weighted by atomic mass is 19.1. The molecule has 0 aromatic heterocycles. The predicted octanol–water partition coefficient (Wildman–Crippen LogP) is 8.24. The monoisotopic (exact) mass is 408 g/mol. The van der Waals surface area contributed by atoms with Crippen molar-refractivity contribution in [3.8, 4) is 11.1 Å². The van der Waals surface area contributed by atoms with Crippen LogP contribution in [0.3, 0.4) is 0 Å². The van der Waals surface area contributed by atoms with Crippen molar-refractivity contribution in [1.82, 2.24) is 0 Å². The van der Waals surface area contributed by atoms with Gasteiger partial charge in [-0.15, -0.1) is 0 Å². The van der Waals surface area contributed by atoms with Crippen LogP contribution in [0.15, 0.2) is 48.3 Å². The Kier molecular flexibility index (Phi) is 7.84. The van der Waals surface area contributed by atoms with E-state index in [1.165, 1.54) is 50.2 Å². The molecule has 1 fully saturated rings. The number of aromatic carboxylic acids is 1. The molecular weight excluding hydrogens is 375 g/mol. The number of carbonyl (C=O) groups is 1. The Balaban J connectivity index is 1.82. The molecule has 0 spiro atoms. The number of allylic oxidation sites excluding steroid dienone is 1. The van der Waals surface area contributed by atoms with Gasteiger partial charge in [-0.05, 0) is 90.8 Å². The van der Waals surface area contributed by atoms with E-state index in [1.54, 1.807) is 18.2 Å². The summed E-state index contributed by atoms with van der Waals surface area (Å²) in [5, 5.41) is 9.62. The molecule has 0 atom stereocenters. The predicted molar refractivity (Wildman–Crippen MR) is 122 cm³/mol. The lowest BCUT2D eigenvalue weighted by atomic mass is 9.77. The molecule has 1 saturated carbocycles. The first-order valence-electron chi connectivity index (χ1n) is 11.4. The minimum Gasteiger partial charge on any atom is -0.478 e. The Morgan fingerprint density at radius 1 is 1.03 bits per heavy atom. The van der Waals surface area contributed by atoms with Crippen LogP contribution in [0.5, 0.6) is 0 Å². The average molecular weight is 409 g/mol. The molecule has 3 rings (SSSR count). The number of carboxylic acids is 1. The van der Waals surface area contributed by atoms with Gasteiger partial charge in [0.05, 0.1) is 5.56 Å². The van der Waals surface area contributed by atoms with Crippen LogP contribution in [0, 0.1) is 5.92 Å². The third kappa shape index (κ3) is 5.59. The van der Waals surface area contributed by atoms with Gasteiger partial charge in [0.25, 0.3) is 0 Å². The summed E-state index contributed by atoms with van der Waals surface area (Å²) in [5.74, 6) is 0.337. The second kappa shape index (κ2) is 10.6. The zero-order chi connectivity index (χ0) is 21.5. The van der Waals surface area contributed by atoms with E-state index in [2.05, 4.69) is 19.1 Å². The van der Waals surface area contributed by atoms with E-state index in [-0.39, 0.29) is 11.4 Å². The van der Waals surface area contributed by atoms with E-state index < -0.39 is 5.97 Å². The first kappa shape index (κ1) is 22.3. The van der Waals surface area contributed by atoms with Crippen LogP contribution in [-0.4, -0.2) is 11.1 Å². The Bertz CT molecular complexity index is 874. The van der Waals surface area contributed by atoms with Gasteiger partial charge < -0.3 is 5.11 Å². The van der Waals surface area contributed by atoms with Crippen molar-refractivity contribution in [2.24, 2.45) is 5.92 Å². The maximum atomic E-state index is 14.0. The molecule has 0 unspecified atom stereocenters. The number of hydrogen-bond acceptors (Lipinski definition) is 1. The zero-order valence-corrected chi connectivity index (χ0v) is 18.2. The minimum atomic E-state index is -0.965. The maximum Gasteiger partial charge on any atom is 0.336 e. The Hall–Kier alpha value is -2.42. The van der Waals surface area contributed by atoms with E-state index in [4.69, 9.17) is 0 Å². The van der Waals surface area contributed by atoms with Gasteiger partial charge in [-0.2, -0.15) is 0 Å². The fraction of sp³-hybridized carbons (Fsp3) is 0.444. The van der Waals surface area contributed by atoms with Crippen molar-refractivity contribution in [2.75, 3.05) is 0 Å². The molecule has 0 aliphatic heterocycles. The average Bonchev–Trinajstić information content (AvgIpc) is 2.74. The van der Waals surface area contributed by atoms with Crippen molar-refractivity contribution in [1.29, 1.82) is 0 Å². The third-order valence-corrected chi connectivity index (χ3v) is 6.32. The smallest absolute Gasteiger partial charge is 0.336 e. The number of hydrogen-bond donors (Lipinski definition) is 1. The quantitative estimate of drug-likeness (QED) is 0.477. The van der Waals surface area contributed by atoms with Crippen LogP contribution in [0.2, 0.25) is 0 Å². The molecule has 160 valence electrons.